The van der Waals surface area contributed by atoms with Crippen LogP contribution in [-0.2, 0) is 0 Å². The lowest BCUT2D eigenvalue weighted by Gasteiger charge is -2.06. The van der Waals surface area contributed by atoms with E-state index in [1.54, 1.807) is 0 Å². The molecule has 3 N–H and O–H groups in total. The maximum Gasteiger partial charge on any atom is 0.294 e. The minimum absolute atomic E-state index is 0.0253. The van der Waals surface area contributed by atoms with Gasteiger partial charge in [-0.3, -0.25) is 4.79 Å². The first-order chi connectivity index (χ1) is 14.1. The van der Waals surface area contributed by atoms with E-state index in [4.69, 9.17) is 5.73 Å². The van der Waals surface area contributed by atoms with E-state index in [1.807, 2.05) is 61.5 Å². The molecule has 0 aliphatic carbocycles. The van der Waals surface area contributed by atoms with Gasteiger partial charge in [-0.1, -0.05) is 65.4 Å². The van der Waals surface area contributed by atoms with Gasteiger partial charge in [0.2, 0.25) is 11.6 Å². The highest BCUT2D eigenvalue weighted by Gasteiger charge is 2.25. The molecule has 0 atom stereocenters. The molecule has 10 heteroatoms. The number of carbonyl (C=O) groups is 1. The molecule has 2 aromatic carbocycles. The Kier molecular flexibility index (Phi) is 4.81. The third kappa shape index (κ3) is 3.72. The van der Waals surface area contributed by atoms with Gasteiger partial charge in [-0.2, -0.15) is 9.78 Å². The first kappa shape index (κ1) is 18.0. The average molecular weight is 388 g/mol. The van der Waals surface area contributed by atoms with Crippen molar-refractivity contribution in [2.45, 2.75) is 6.92 Å². The highest BCUT2D eigenvalue weighted by atomic mass is 16.6. The summed E-state index contributed by atoms with van der Waals surface area (Å²) in [6, 6.07) is 16.9. The van der Waals surface area contributed by atoms with Gasteiger partial charge in [-0.15, -0.1) is 5.10 Å². The third-order valence-electron chi connectivity index (χ3n) is 4.09. The summed E-state index contributed by atoms with van der Waals surface area (Å²) in [7, 11) is 0. The number of aryl methyl sites for hydroxylation is 1. The molecule has 144 valence electrons. The number of rotatable bonds is 5. The molecule has 0 radical (unpaired) electrons. The van der Waals surface area contributed by atoms with E-state index in [9.17, 15) is 4.79 Å². The molecule has 0 unspecified atom stereocenters. The molecular weight excluding hydrogens is 372 g/mol. The molecule has 0 aliphatic heterocycles. The lowest BCUT2D eigenvalue weighted by molar-refractivity contribution is 0.0950. The van der Waals surface area contributed by atoms with Crippen LogP contribution in [0.3, 0.4) is 0 Å². The van der Waals surface area contributed by atoms with E-state index in [0.29, 0.717) is 11.3 Å². The summed E-state index contributed by atoms with van der Waals surface area (Å²) < 4.78 is 5.97. The summed E-state index contributed by atoms with van der Waals surface area (Å²) >= 11 is 0. The molecule has 0 saturated heterocycles. The summed E-state index contributed by atoms with van der Waals surface area (Å²) in [4.78, 5) is 12.7. The Morgan fingerprint density at radius 1 is 1.14 bits per heavy atom. The fraction of sp³-hybridized carbons (Fsp3) is 0.0526. The molecule has 29 heavy (non-hydrogen) atoms. The fourth-order valence-electron chi connectivity index (χ4n) is 2.65. The lowest BCUT2D eigenvalue weighted by atomic mass is 10.1. The van der Waals surface area contributed by atoms with Crippen molar-refractivity contribution in [1.29, 1.82) is 0 Å². The van der Waals surface area contributed by atoms with Crippen LogP contribution >= 0.6 is 0 Å². The van der Waals surface area contributed by atoms with Crippen molar-refractivity contribution in [1.82, 2.24) is 30.7 Å². The van der Waals surface area contributed by atoms with Gasteiger partial charge in [0.1, 0.15) is 5.69 Å². The number of carbonyl (C=O) groups excluding carboxylic acids is 1. The van der Waals surface area contributed by atoms with Gasteiger partial charge in [0.05, 0.1) is 6.21 Å². The number of nitrogen functional groups attached to an aromatic ring is 1. The molecule has 0 saturated carbocycles. The molecule has 2 aromatic heterocycles. The van der Waals surface area contributed by atoms with Gasteiger partial charge in [0.15, 0.2) is 5.69 Å². The number of amides is 1. The van der Waals surface area contributed by atoms with Gasteiger partial charge < -0.3 is 5.73 Å². The molecule has 0 fully saturated rings. The fourth-order valence-corrected chi connectivity index (χ4v) is 2.65. The molecule has 10 nitrogen and oxygen atoms in total. The second kappa shape index (κ2) is 7.72. The number of nitrogens with one attached hydrogen (secondary N) is 1. The summed E-state index contributed by atoms with van der Waals surface area (Å²) in [5, 5.41) is 19.3. The zero-order chi connectivity index (χ0) is 20.2. The first-order valence-corrected chi connectivity index (χ1v) is 8.63. The van der Waals surface area contributed by atoms with Crippen molar-refractivity contribution in [3.63, 3.8) is 0 Å². The average Bonchev–Trinajstić information content (AvgIpc) is 3.35. The summed E-state index contributed by atoms with van der Waals surface area (Å²) in [6.07, 6.45) is 1.54. The topological polar surface area (TPSA) is 137 Å². The summed E-state index contributed by atoms with van der Waals surface area (Å²) in [5.74, 6) is -0.369. The van der Waals surface area contributed by atoms with Crippen LogP contribution in [-0.4, -0.2) is 37.4 Å². The van der Waals surface area contributed by atoms with Crippen LogP contribution in [0.2, 0.25) is 0 Å². The maximum absolute atomic E-state index is 12.7. The van der Waals surface area contributed by atoms with Gasteiger partial charge in [-0.05, 0) is 22.8 Å². The largest absolute Gasteiger partial charge is 0.378 e. The van der Waals surface area contributed by atoms with Crippen LogP contribution in [0.5, 0.6) is 0 Å². The van der Waals surface area contributed by atoms with Gasteiger partial charge in [0.25, 0.3) is 5.91 Å². The molecule has 2 heterocycles. The molecule has 1 amide bonds. The molecule has 0 bridgehead atoms. The van der Waals surface area contributed by atoms with Gasteiger partial charge in [0, 0.05) is 5.56 Å². The molecule has 0 spiro atoms. The number of hydrazone groups is 1. The minimum Gasteiger partial charge on any atom is -0.378 e. The predicted molar refractivity (Wildman–Crippen MR) is 105 cm³/mol. The first-order valence-electron chi connectivity index (χ1n) is 8.63. The van der Waals surface area contributed by atoms with Crippen LogP contribution in [0.15, 0.2) is 64.3 Å². The quantitative estimate of drug-likeness (QED) is 0.394. The second-order valence-electron chi connectivity index (χ2n) is 6.15. The Balaban J connectivity index is 1.70. The third-order valence-corrected chi connectivity index (χ3v) is 4.09. The molecule has 4 rings (SSSR count). The van der Waals surface area contributed by atoms with E-state index < -0.39 is 5.91 Å². The number of nitrogens with two attached hydrogens (primary N) is 1. The maximum atomic E-state index is 12.7. The lowest BCUT2D eigenvalue weighted by Crippen LogP contribution is -2.19. The van der Waals surface area contributed by atoms with Crippen molar-refractivity contribution in [3.8, 4) is 17.1 Å². The highest BCUT2D eigenvalue weighted by Crippen LogP contribution is 2.26. The van der Waals surface area contributed by atoms with Gasteiger partial charge in [-0.25, -0.2) is 10.1 Å². The summed E-state index contributed by atoms with van der Waals surface area (Å²) in [5.41, 5.74) is 11.3. The monoisotopic (exact) mass is 388 g/mol. The number of benzene rings is 2. The van der Waals surface area contributed by atoms with E-state index in [-0.39, 0.29) is 17.3 Å². The van der Waals surface area contributed by atoms with Crippen LogP contribution < -0.4 is 11.2 Å². The number of hydrogen-bond donors (Lipinski definition) is 2. The van der Waals surface area contributed by atoms with Crippen molar-refractivity contribution in [2.75, 3.05) is 5.73 Å². The Bertz CT molecular complexity index is 1160. The number of anilines is 1. The SMILES string of the molecule is Cc1ccc(-c2c(C(=O)N/N=C\c3ccccc3)nnn2-c2nonc2N)cc1. The van der Waals surface area contributed by atoms with Crippen molar-refractivity contribution < 1.29 is 9.42 Å². The van der Waals surface area contributed by atoms with E-state index >= 15 is 0 Å². The van der Waals surface area contributed by atoms with Crippen molar-refractivity contribution >= 4 is 17.9 Å². The van der Waals surface area contributed by atoms with Crippen molar-refractivity contribution in [2.24, 2.45) is 5.10 Å². The molecule has 0 aliphatic rings. The van der Waals surface area contributed by atoms with Crippen LogP contribution in [0.1, 0.15) is 21.6 Å². The Labute approximate surface area is 165 Å². The number of aromatic nitrogens is 5. The molecule has 4 aromatic rings. The standard InChI is InChI=1S/C19H16N8O2/c1-12-7-9-14(10-8-12)16-15(22-26-27(16)18-17(20)24-29-25-18)19(28)23-21-11-13-5-3-2-4-6-13/h2-11H,1H3,(H2,20,24)(H,23,28)/b21-11-. The minimum atomic E-state index is -0.533. The van der Waals surface area contributed by atoms with Crippen LogP contribution in [0, 0.1) is 6.92 Å². The Hall–Kier alpha value is -4.34. The summed E-state index contributed by atoms with van der Waals surface area (Å²) in [6.45, 7) is 1.96. The van der Waals surface area contributed by atoms with Crippen molar-refractivity contribution in [3.05, 3.63) is 71.4 Å². The second-order valence-corrected chi connectivity index (χ2v) is 6.15. The predicted octanol–water partition coefficient (Wildman–Crippen LogP) is 1.97. The van der Waals surface area contributed by atoms with E-state index in [1.165, 1.54) is 10.9 Å². The Morgan fingerprint density at radius 3 is 2.59 bits per heavy atom. The zero-order valence-corrected chi connectivity index (χ0v) is 15.4. The zero-order valence-electron chi connectivity index (χ0n) is 15.4. The van der Waals surface area contributed by atoms with Gasteiger partial charge >= 0.3 is 0 Å². The highest BCUT2D eigenvalue weighted by molar-refractivity contribution is 5.98. The molecular formula is C19H16N8O2. The van der Waals surface area contributed by atoms with E-state index in [0.717, 1.165) is 11.1 Å². The van der Waals surface area contributed by atoms with E-state index in [2.05, 4.69) is 35.8 Å². The van der Waals surface area contributed by atoms with Crippen LogP contribution in [0.4, 0.5) is 5.82 Å². The Morgan fingerprint density at radius 2 is 1.90 bits per heavy atom. The smallest absolute Gasteiger partial charge is 0.294 e. The van der Waals surface area contributed by atoms with Crippen LogP contribution in [0.25, 0.3) is 17.1 Å². The normalized spacial score (nSPS) is 11.1. The number of nitrogens with zero attached hydrogens (tertiary/aromatic N) is 6. The number of hydrogen-bond acceptors (Lipinski definition) is 8.